The quantitative estimate of drug-likeness (QED) is 0.679. The number of hydrogen-bond donors (Lipinski definition) is 2. The lowest BCUT2D eigenvalue weighted by Crippen LogP contribution is -2.61. The second-order valence-corrected chi connectivity index (χ2v) is 5.79. The van der Waals surface area contributed by atoms with Gasteiger partial charge in [0.05, 0.1) is 12.1 Å². The zero-order valence-corrected chi connectivity index (χ0v) is 12.8. The molecule has 7 nitrogen and oxygen atoms in total. The number of nitrogens with two attached hydrogens (primary N) is 1. The predicted molar refractivity (Wildman–Crippen MR) is 78.7 cm³/mol. The van der Waals surface area contributed by atoms with Crippen LogP contribution in [0.4, 0.5) is 0 Å². The maximum Gasteiger partial charge on any atom is 0.242 e. The normalized spacial score (nSPS) is 22.9. The van der Waals surface area contributed by atoms with Gasteiger partial charge >= 0.3 is 0 Å². The Hall–Kier alpha value is -1.18. The van der Waals surface area contributed by atoms with Crippen molar-refractivity contribution in [2.45, 2.75) is 25.3 Å². The molecule has 2 aliphatic heterocycles. The SMILES string of the molecule is CCNC(=O)CN1CCN(C(=O)C2(N)CCOCC2)CC1. The van der Waals surface area contributed by atoms with Gasteiger partial charge in [0.25, 0.3) is 0 Å². The second kappa shape index (κ2) is 7.20. The Balaban J connectivity index is 1.80. The number of nitrogens with one attached hydrogen (secondary N) is 1. The highest BCUT2D eigenvalue weighted by Gasteiger charge is 2.39. The average molecular weight is 298 g/mol. The number of nitrogens with zero attached hydrogens (tertiary/aromatic N) is 2. The van der Waals surface area contributed by atoms with Crippen LogP contribution >= 0.6 is 0 Å². The Bertz CT molecular complexity index is 374. The van der Waals surface area contributed by atoms with Crippen molar-refractivity contribution in [3.05, 3.63) is 0 Å². The van der Waals surface area contributed by atoms with Crippen molar-refractivity contribution < 1.29 is 14.3 Å². The Kier molecular flexibility index (Phi) is 5.55. The van der Waals surface area contributed by atoms with E-state index < -0.39 is 5.54 Å². The van der Waals surface area contributed by atoms with Crippen LogP contribution in [0.15, 0.2) is 0 Å². The lowest BCUT2D eigenvalue weighted by atomic mass is 9.89. The number of ether oxygens (including phenoxy) is 1. The summed E-state index contributed by atoms with van der Waals surface area (Å²) in [4.78, 5) is 28.0. The second-order valence-electron chi connectivity index (χ2n) is 5.79. The van der Waals surface area contributed by atoms with E-state index in [2.05, 4.69) is 10.2 Å². The standard InChI is InChI=1S/C14H26N4O3/c1-2-16-12(19)11-17-5-7-18(8-6-17)13(20)14(15)3-9-21-10-4-14/h2-11,15H2,1H3,(H,16,19). The Labute approximate surface area is 125 Å². The zero-order valence-electron chi connectivity index (χ0n) is 12.8. The number of carbonyl (C=O) groups is 2. The van der Waals surface area contributed by atoms with Gasteiger partial charge in [-0.3, -0.25) is 14.5 Å². The first-order chi connectivity index (χ1) is 10.0. The van der Waals surface area contributed by atoms with Crippen molar-refractivity contribution in [1.82, 2.24) is 15.1 Å². The Morgan fingerprint density at radius 3 is 2.38 bits per heavy atom. The lowest BCUT2D eigenvalue weighted by Gasteiger charge is -2.40. The van der Waals surface area contributed by atoms with E-state index in [9.17, 15) is 9.59 Å². The minimum absolute atomic E-state index is 0.0310. The number of rotatable bonds is 4. The van der Waals surface area contributed by atoms with Gasteiger partial charge < -0.3 is 20.7 Å². The van der Waals surface area contributed by atoms with Crippen LogP contribution in [0.5, 0.6) is 0 Å². The van der Waals surface area contributed by atoms with Crippen molar-refractivity contribution in [3.63, 3.8) is 0 Å². The van der Waals surface area contributed by atoms with Gasteiger partial charge in [-0.05, 0) is 19.8 Å². The molecule has 0 bridgehead atoms. The molecule has 0 aromatic rings. The molecule has 0 aliphatic carbocycles. The molecule has 7 heteroatoms. The van der Waals surface area contributed by atoms with E-state index in [4.69, 9.17) is 10.5 Å². The van der Waals surface area contributed by atoms with Gasteiger partial charge in [-0.2, -0.15) is 0 Å². The van der Waals surface area contributed by atoms with Gasteiger partial charge in [-0.1, -0.05) is 0 Å². The lowest BCUT2D eigenvalue weighted by molar-refractivity contribution is -0.142. The molecule has 21 heavy (non-hydrogen) atoms. The molecule has 3 N–H and O–H groups in total. The van der Waals surface area contributed by atoms with E-state index in [0.717, 1.165) is 13.1 Å². The minimum Gasteiger partial charge on any atom is -0.381 e. The van der Waals surface area contributed by atoms with Crippen LogP contribution in [0.1, 0.15) is 19.8 Å². The van der Waals surface area contributed by atoms with Crippen molar-refractivity contribution >= 4 is 11.8 Å². The first kappa shape index (κ1) is 16.2. The van der Waals surface area contributed by atoms with Crippen LogP contribution in [0.2, 0.25) is 0 Å². The summed E-state index contributed by atoms with van der Waals surface area (Å²) >= 11 is 0. The molecule has 2 rings (SSSR count). The van der Waals surface area contributed by atoms with E-state index in [1.807, 2.05) is 11.8 Å². The van der Waals surface area contributed by atoms with Crippen LogP contribution in [0.25, 0.3) is 0 Å². The average Bonchev–Trinajstić information content (AvgIpc) is 2.48. The number of likely N-dealkylation sites (N-methyl/N-ethyl adjacent to an activating group) is 1. The maximum absolute atomic E-state index is 12.6. The van der Waals surface area contributed by atoms with Gasteiger partial charge in [0, 0.05) is 45.9 Å². The fourth-order valence-electron chi connectivity index (χ4n) is 2.83. The third-order valence-corrected chi connectivity index (χ3v) is 4.21. The summed E-state index contributed by atoms with van der Waals surface area (Å²) in [6.45, 7) is 6.77. The van der Waals surface area contributed by atoms with E-state index in [-0.39, 0.29) is 11.8 Å². The first-order valence-electron chi connectivity index (χ1n) is 7.70. The molecule has 0 aromatic heterocycles. The molecule has 0 atom stereocenters. The Morgan fingerprint density at radius 2 is 1.81 bits per heavy atom. The third-order valence-electron chi connectivity index (χ3n) is 4.21. The predicted octanol–water partition coefficient (Wildman–Crippen LogP) is -1.23. The summed E-state index contributed by atoms with van der Waals surface area (Å²) < 4.78 is 5.28. The van der Waals surface area contributed by atoms with Gasteiger partial charge in [0.15, 0.2) is 0 Å². The minimum atomic E-state index is -0.764. The van der Waals surface area contributed by atoms with Gasteiger partial charge in [-0.15, -0.1) is 0 Å². The smallest absolute Gasteiger partial charge is 0.242 e. The third kappa shape index (κ3) is 4.15. The monoisotopic (exact) mass is 298 g/mol. The van der Waals surface area contributed by atoms with E-state index in [1.165, 1.54) is 0 Å². The highest BCUT2D eigenvalue weighted by molar-refractivity contribution is 5.86. The molecule has 2 aliphatic rings. The van der Waals surface area contributed by atoms with Crippen molar-refractivity contribution in [2.75, 3.05) is 52.5 Å². The molecule has 0 unspecified atom stereocenters. The number of carbonyl (C=O) groups excluding carboxylic acids is 2. The summed E-state index contributed by atoms with van der Waals surface area (Å²) in [5.74, 6) is 0.0699. The number of piperazine rings is 1. The van der Waals surface area contributed by atoms with Crippen LogP contribution in [-0.4, -0.2) is 79.6 Å². The summed E-state index contributed by atoms with van der Waals surface area (Å²) in [6, 6.07) is 0. The highest BCUT2D eigenvalue weighted by atomic mass is 16.5. The number of hydrogen-bond acceptors (Lipinski definition) is 5. The summed E-state index contributed by atoms with van der Waals surface area (Å²) in [5.41, 5.74) is 5.48. The molecule has 0 radical (unpaired) electrons. The fraction of sp³-hybridized carbons (Fsp3) is 0.857. The van der Waals surface area contributed by atoms with E-state index in [0.29, 0.717) is 52.2 Å². The van der Waals surface area contributed by atoms with E-state index in [1.54, 1.807) is 0 Å². The van der Waals surface area contributed by atoms with Crippen LogP contribution in [0, 0.1) is 0 Å². The maximum atomic E-state index is 12.6. The molecule has 0 saturated carbocycles. The van der Waals surface area contributed by atoms with Gasteiger partial charge in [0.2, 0.25) is 11.8 Å². The molecule has 120 valence electrons. The van der Waals surface area contributed by atoms with Crippen LogP contribution in [0.3, 0.4) is 0 Å². The zero-order chi connectivity index (χ0) is 15.3. The van der Waals surface area contributed by atoms with Gasteiger partial charge in [0.1, 0.15) is 0 Å². The largest absolute Gasteiger partial charge is 0.381 e. The highest BCUT2D eigenvalue weighted by Crippen LogP contribution is 2.21. The van der Waals surface area contributed by atoms with Crippen LogP contribution < -0.4 is 11.1 Å². The first-order valence-corrected chi connectivity index (χ1v) is 7.70. The fourth-order valence-corrected chi connectivity index (χ4v) is 2.83. The van der Waals surface area contributed by atoms with Crippen molar-refractivity contribution in [3.8, 4) is 0 Å². The molecule has 0 aromatic carbocycles. The molecule has 2 heterocycles. The summed E-state index contributed by atoms with van der Waals surface area (Å²) in [6.07, 6.45) is 1.18. The summed E-state index contributed by atoms with van der Waals surface area (Å²) in [7, 11) is 0. The molecule has 0 spiro atoms. The summed E-state index contributed by atoms with van der Waals surface area (Å²) in [5, 5.41) is 2.79. The number of amides is 2. The molecular weight excluding hydrogens is 272 g/mol. The van der Waals surface area contributed by atoms with Crippen LogP contribution in [-0.2, 0) is 14.3 Å². The molecule has 2 amide bonds. The van der Waals surface area contributed by atoms with Crippen molar-refractivity contribution in [2.24, 2.45) is 5.73 Å². The van der Waals surface area contributed by atoms with Crippen molar-refractivity contribution in [1.29, 1.82) is 0 Å². The molecule has 2 saturated heterocycles. The Morgan fingerprint density at radius 1 is 1.19 bits per heavy atom. The molecular formula is C14H26N4O3. The van der Waals surface area contributed by atoms with E-state index >= 15 is 0 Å². The molecule has 2 fully saturated rings. The van der Waals surface area contributed by atoms with Gasteiger partial charge in [-0.25, -0.2) is 0 Å². The topological polar surface area (TPSA) is 87.9 Å².